The minimum Gasteiger partial charge on any atom is -0.340 e. The maximum absolute atomic E-state index is 13.3. The smallest absolute Gasteiger partial charge is 0.243 e. The number of aryl methyl sites for hydroxylation is 1. The quantitative estimate of drug-likeness (QED) is 0.533. The van der Waals surface area contributed by atoms with Crippen LogP contribution in [0.3, 0.4) is 0 Å². The first kappa shape index (κ1) is 21.9. The molecule has 3 heterocycles. The first-order valence-corrected chi connectivity index (χ1v) is 12.2. The number of carbonyl (C=O) groups is 1. The zero-order chi connectivity index (χ0) is 22.0. The summed E-state index contributed by atoms with van der Waals surface area (Å²) in [4.78, 5) is 18.4. The van der Waals surface area contributed by atoms with Crippen molar-refractivity contribution in [3.05, 3.63) is 51.8 Å². The van der Waals surface area contributed by atoms with Crippen molar-refractivity contribution in [1.29, 1.82) is 0 Å². The lowest BCUT2D eigenvalue weighted by Gasteiger charge is -2.34. The average molecular weight is 485 g/mol. The largest absolute Gasteiger partial charge is 0.340 e. The van der Waals surface area contributed by atoms with Gasteiger partial charge >= 0.3 is 0 Å². The molecule has 8 nitrogen and oxygen atoms in total. The normalized spacial score (nSPS) is 15.4. The Balaban J connectivity index is 1.31. The predicted molar refractivity (Wildman–Crippen MR) is 113 cm³/mol. The lowest BCUT2D eigenvalue weighted by atomic mass is 10.2. The Morgan fingerprint density at radius 2 is 2.00 bits per heavy atom. The van der Waals surface area contributed by atoms with Crippen LogP contribution in [-0.2, 0) is 21.2 Å². The van der Waals surface area contributed by atoms with Gasteiger partial charge in [-0.25, -0.2) is 12.8 Å². The highest BCUT2D eigenvalue weighted by molar-refractivity contribution is 7.89. The number of benzene rings is 1. The summed E-state index contributed by atoms with van der Waals surface area (Å²) in [7, 11) is -3.81. The number of amides is 1. The van der Waals surface area contributed by atoms with Crippen LogP contribution in [0.25, 0.3) is 11.4 Å². The molecule has 1 aliphatic heterocycles. The molecule has 0 aliphatic carbocycles. The van der Waals surface area contributed by atoms with E-state index in [1.807, 2.05) is 16.8 Å². The lowest BCUT2D eigenvalue weighted by molar-refractivity contribution is -0.132. The van der Waals surface area contributed by atoms with E-state index in [4.69, 9.17) is 16.1 Å². The summed E-state index contributed by atoms with van der Waals surface area (Å²) >= 11 is 7.24. The van der Waals surface area contributed by atoms with Gasteiger partial charge in [0.15, 0.2) is 0 Å². The van der Waals surface area contributed by atoms with Crippen molar-refractivity contribution >= 4 is 38.9 Å². The van der Waals surface area contributed by atoms with Crippen LogP contribution in [-0.4, -0.2) is 59.8 Å². The van der Waals surface area contributed by atoms with E-state index in [0.29, 0.717) is 18.1 Å². The zero-order valence-corrected chi connectivity index (χ0v) is 18.6. The van der Waals surface area contributed by atoms with Crippen LogP contribution in [0.1, 0.15) is 12.3 Å². The minimum absolute atomic E-state index is 0.0727. The second-order valence-corrected chi connectivity index (χ2v) is 10.0. The number of nitrogens with zero attached hydrogens (tertiary/aromatic N) is 4. The number of sulfonamides is 1. The maximum Gasteiger partial charge on any atom is 0.243 e. The first-order chi connectivity index (χ1) is 14.8. The van der Waals surface area contributed by atoms with Crippen molar-refractivity contribution in [2.45, 2.75) is 17.7 Å². The highest BCUT2D eigenvalue weighted by Crippen LogP contribution is 2.23. The van der Waals surface area contributed by atoms with E-state index in [-0.39, 0.29) is 48.4 Å². The molecule has 0 bridgehead atoms. The summed E-state index contributed by atoms with van der Waals surface area (Å²) < 4.78 is 45.3. The number of hydrogen-bond donors (Lipinski definition) is 0. The summed E-state index contributed by atoms with van der Waals surface area (Å²) in [5.74, 6) is 0.0734. The molecule has 12 heteroatoms. The second-order valence-electron chi connectivity index (χ2n) is 6.88. The van der Waals surface area contributed by atoms with Gasteiger partial charge in [-0.3, -0.25) is 4.79 Å². The van der Waals surface area contributed by atoms with E-state index < -0.39 is 15.8 Å². The molecule has 0 N–H and O–H groups in total. The van der Waals surface area contributed by atoms with Crippen molar-refractivity contribution in [2.75, 3.05) is 26.2 Å². The molecule has 31 heavy (non-hydrogen) atoms. The van der Waals surface area contributed by atoms with Crippen molar-refractivity contribution in [3.63, 3.8) is 0 Å². The second kappa shape index (κ2) is 9.03. The van der Waals surface area contributed by atoms with Gasteiger partial charge in [-0.05, 0) is 29.6 Å². The monoisotopic (exact) mass is 484 g/mol. The van der Waals surface area contributed by atoms with Gasteiger partial charge in [0, 0.05) is 50.0 Å². The lowest BCUT2D eigenvalue weighted by Crippen LogP contribution is -2.50. The number of halogens is 2. The van der Waals surface area contributed by atoms with Crippen LogP contribution >= 0.6 is 22.9 Å². The SMILES string of the molecule is O=C(CCc1nc(-c2ccsc2)no1)N1CCN(S(=O)(=O)c2ccc(F)c(Cl)c2)CC1. The van der Waals surface area contributed by atoms with Crippen LogP contribution < -0.4 is 0 Å². The number of thiophene rings is 1. The molecule has 2 aromatic heterocycles. The fraction of sp³-hybridized carbons (Fsp3) is 0.316. The van der Waals surface area contributed by atoms with E-state index in [1.54, 1.807) is 4.90 Å². The first-order valence-electron chi connectivity index (χ1n) is 9.43. The molecule has 1 aromatic carbocycles. The Kier molecular flexibility index (Phi) is 6.37. The van der Waals surface area contributed by atoms with Gasteiger partial charge in [-0.15, -0.1) is 0 Å². The van der Waals surface area contributed by atoms with E-state index in [2.05, 4.69) is 10.1 Å². The van der Waals surface area contributed by atoms with Crippen LogP contribution in [0.15, 0.2) is 44.4 Å². The van der Waals surface area contributed by atoms with Crippen molar-refractivity contribution < 1.29 is 22.1 Å². The highest BCUT2D eigenvalue weighted by atomic mass is 35.5. The van der Waals surface area contributed by atoms with Crippen molar-refractivity contribution in [1.82, 2.24) is 19.3 Å². The average Bonchev–Trinajstić information content (AvgIpc) is 3.46. The van der Waals surface area contributed by atoms with Crippen LogP contribution in [0, 0.1) is 5.82 Å². The topological polar surface area (TPSA) is 96.6 Å². The molecule has 164 valence electrons. The molecule has 1 saturated heterocycles. The number of piperazine rings is 1. The summed E-state index contributed by atoms with van der Waals surface area (Å²) in [6, 6.07) is 5.19. The molecular weight excluding hydrogens is 467 g/mol. The summed E-state index contributed by atoms with van der Waals surface area (Å²) in [5.41, 5.74) is 0.867. The maximum atomic E-state index is 13.3. The zero-order valence-electron chi connectivity index (χ0n) is 16.2. The fourth-order valence-electron chi connectivity index (χ4n) is 3.20. The summed E-state index contributed by atoms with van der Waals surface area (Å²) in [5, 5.41) is 7.49. The standard InChI is InChI=1S/C19H18ClFN4O4S2/c20-15-11-14(1-2-16(15)21)31(27,28)25-8-6-24(7-9-25)18(26)4-3-17-22-19(23-29-17)13-5-10-30-12-13/h1-2,5,10-12H,3-4,6-9H2. The van der Waals surface area contributed by atoms with Crippen LogP contribution in [0.5, 0.6) is 0 Å². The molecular formula is C19H18ClFN4O4S2. The van der Waals surface area contributed by atoms with E-state index in [1.165, 1.54) is 21.7 Å². The number of rotatable bonds is 6. The van der Waals surface area contributed by atoms with Crippen molar-refractivity contribution in [2.24, 2.45) is 0 Å². The molecule has 4 rings (SSSR count). The van der Waals surface area contributed by atoms with E-state index in [0.717, 1.165) is 17.7 Å². The molecule has 3 aromatic rings. The third-order valence-corrected chi connectivity index (χ3v) is 7.79. The van der Waals surface area contributed by atoms with Gasteiger partial charge in [-0.2, -0.15) is 20.6 Å². The van der Waals surface area contributed by atoms with Gasteiger partial charge in [0.1, 0.15) is 5.82 Å². The van der Waals surface area contributed by atoms with Gasteiger partial charge in [0.2, 0.25) is 27.6 Å². The highest BCUT2D eigenvalue weighted by Gasteiger charge is 2.30. The van der Waals surface area contributed by atoms with Crippen LogP contribution in [0.4, 0.5) is 4.39 Å². The minimum atomic E-state index is -3.81. The molecule has 1 amide bonds. The molecule has 0 atom stereocenters. The molecule has 1 fully saturated rings. The summed E-state index contributed by atoms with van der Waals surface area (Å²) in [6.45, 7) is 0.811. The molecule has 0 radical (unpaired) electrons. The Bertz CT molecular complexity index is 1180. The Morgan fingerprint density at radius 3 is 2.68 bits per heavy atom. The third kappa shape index (κ3) is 4.79. The van der Waals surface area contributed by atoms with Gasteiger partial charge in [-0.1, -0.05) is 16.8 Å². The van der Waals surface area contributed by atoms with Gasteiger partial charge in [0.05, 0.1) is 9.92 Å². The number of aromatic nitrogens is 2. The van der Waals surface area contributed by atoms with Crippen molar-refractivity contribution in [3.8, 4) is 11.4 Å². The van der Waals surface area contributed by atoms with E-state index >= 15 is 0 Å². The Hall–Kier alpha value is -2.34. The predicted octanol–water partition coefficient (Wildman–Crippen LogP) is 3.06. The third-order valence-electron chi connectivity index (χ3n) is 4.92. The molecule has 0 spiro atoms. The summed E-state index contributed by atoms with van der Waals surface area (Å²) in [6.07, 6.45) is 0.494. The van der Waals surface area contributed by atoms with Crippen LogP contribution in [0.2, 0.25) is 5.02 Å². The van der Waals surface area contributed by atoms with E-state index in [9.17, 15) is 17.6 Å². The fourth-order valence-corrected chi connectivity index (χ4v) is 5.53. The molecule has 0 unspecified atom stereocenters. The number of hydrogen-bond acceptors (Lipinski definition) is 7. The van der Waals surface area contributed by atoms with Gasteiger partial charge < -0.3 is 9.42 Å². The number of carbonyl (C=O) groups excluding carboxylic acids is 1. The van der Waals surface area contributed by atoms with Gasteiger partial charge in [0.25, 0.3) is 0 Å². The molecule has 0 saturated carbocycles. The Morgan fingerprint density at radius 1 is 1.23 bits per heavy atom. The molecule has 1 aliphatic rings. The Labute approximate surface area is 187 Å².